The molecule has 0 atom stereocenters. The summed E-state index contributed by atoms with van der Waals surface area (Å²) in [7, 11) is -3.23. The average molecular weight is 302 g/mol. The smallest absolute Gasteiger partial charge is 0.239 e. The van der Waals surface area contributed by atoms with Gasteiger partial charge in [-0.15, -0.1) is 0 Å². The first kappa shape index (κ1) is 16.5. The number of nitrogens with zero attached hydrogens (tertiary/aromatic N) is 1. The number of anilines is 2. The predicted molar refractivity (Wildman–Crippen MR) is 80.4 cm³/mol. The Morgan fingerprint density at radius 3 is 2.75 bits per heavy atom. The van der Waals surface area contributed by atoms with Crippen molar-refractivity contribution in [3.63, 3.8) is 0 Å². The molecule has 1 heterocycles. The number of nitrogens with one attached hydrogen (secondary N) is 2. The molecule has 1 aromatic rings. The van der Waals surface area contributed by atoms with Crippen molar-refractivity contribution in [3.05, 3.63) is 12.1 Å². The van der Waals surface area contributed by atoms with Crippen molar-refractivity contribution >= 4 is 21.5 Å². The standard InChI is InChI=1S/C12H22N4O3S/c1-3-8-19-12-10(13)5-6-11(16-12)14-7-9-20(17,18)15-4-2/h5-6,15H,3-4,7-9,13H2,1-2H3,(H,14,16). The minimum atomic E-state index is -3.23. The van der Waals surface area contributed by atoms with Crippen LogP contribution >= 0.6 is 0 Å². The van der Waals surface area contributed by atoms with E-state index in [1.165, 1.54) is 0 Å². The Morgan fingerprint density at radius 1 is 1.35 bits per heavy atom. The summed E-state index contributed by atoms with van der Waals surface area (Å²) >= 11 is 0. The number of ether oxygens (including phenoxy) is 1. The Balaban J connectivity index is 2.56. The van der Waals surface area contributed by atoms with E-state index in [-0.39, 0.29) is 12.3 Å². The molecular weight excluding hydrogens is 280 g/mol. The number of sulfonamides is 1. The van der Waals surface area contributed by atoms with Crippen LogP contribution in [-0.2, 0) is 10.0 Å². The molecule has 0 amide bonds. The number of hydrogen-bond acceptors (Lipinski definition) is 6. The zero-order valence-corrected chi connectivity index (χ0v) is 12.7. The van der Waals surface area contributed by atoms with Crippen LogP contribution in [0, 0.1) is 0 Å². The molecule has 0 saturated heterocycles. The second kappa shape index (κ2) is 7.91. The lowest BCUT2D eigenvalue weighted by Crippen LogP contribution is -2.29. The van der Waals surface area contributed by atoms with Gasteiger partial charge in [-0.25, -0.2) is 13.1 Å². The van der Waals surface area contributed by atoms with Crippen molar-refractivity contribution in [3.8, 4) is 5.88 Å². The molecule has 1 rings (SSSR count). The molecule has 114 valence electrons. The molecule has 0 bridgehead atoms. The lowest BCUT2D eigenvalue weighted by atomic mass is 10.4. The van der Waals surface area contributed by atoms with Gasteiger partial charge in [0.1, 0.15) is 5.82 Å². The molecule has 0 saturated carbocycles. The van der Waals surface area contributed by atoms with E-state index in [4.69, 9.17) is 10.5 Å². The van der Waals surface area contributed by atoms with Crippen molar-refractivity contribution in [2.75, 3.05) is 36.5 Å². The summed E-state index contributed by atoms with van der Waals surface area (Å²) in [5.41, 5.74) is 6.21. The predicted octanol–water partition coefficient (Wildman–Crippen LogP) is 0.804. The van der Waals surface area contributed by atoms with Crippen molar-refractivity contribution in [1.29, 1.82) is 0 Å². The molecule has 0 aromatic carbocycles. The fourth-order valence-electron chi connectivity index (χ4n) is 1.47. The lowest BCUT2D eigenvalue weighted by molar-refractivity contribution is 0.307. The second-order valence-corrected chi connectivity index (χ2v) is 6.11. The Hall–Kier alpha value is -1.54. The summed E-state index contributed by atoms with van der Waals surface area (Å²) in [6.45, 7) is 4.92. The molecule has 0 fully saturated rings. The van der Waals surface area contributed by atoms with Crippen molar-refractivity contribution < 1.29 is 13.2 Å². The monoisotopic (exact) mass is 302 g/mol. The van der Waals surface area contributed by atoms with Gasteiger partial charge in [0.2, 0.25) is 15.9 Å². The molecule has 8 heteroatoms. The third-order valence-electron chi connectivity index (χ3n) is 2.37. The molecule has 0 aliphatic heterocycles. The molecule has 4 N–H and O–H groups in total. The van der Waals surface area contributed by atoms with Crippen LogP contribution in [0.15, 0.2) is 12.1 Å². The van der Waals surface area contributed by atoms with Crippen LogP contribution in [0.25, 0.3) is 0 Å². The molecule has 0 spiro atoms. The highest BCUT2D eigenvalue weighted by Gasteiger charge is 2.09. The zero-order chi connectivity index (χ0) is 15.0. The average Bonchev–Trinajstić information content (AvgIpc) is 2.39. The zero-order valence-electron chi connectivity index (χ0n) is 11.8. The number of pyridine rings is 1. The molecule has 7 nitrogen and oxygen atoms in total. The van der Waals surface area contributed by atoms with Crippen LogP contribution in [-0.4, -0.2) is 38.9 Å². The van der Waals surface area contributed by atoms with Gasteiger partial charge in [0.15, 0.2) is 0 Å². The third kappa shape index (κ3) is 5.62. The maximum atomic E-state index is 11.5. The van der Waals surface area contributed by atoms with Gasteiger partial charge >= 0.3 is 0 Å². The number of nitrogens with two attached hydrogens (primary N) is 1. The summed E-state index contributed by atoms with van der Waals surface area (Å²) in [5, 5.41) is 2.94. The van der Waals surface area contributed by atoms with Gasteiger partial charge < -0.3 is 15.8 Å². The van der Waals surface area contributed by atoms with Gasteiger partial charge in [-0.3, -0.25) is 0 Å². The summed E-state index contributed by atoms with van der Waals surface area (Å²) < 4.78 is 30.8. The Kier molecular flexibility index (Phi) is 6.53. The largest absolute Gasteiger partial charge is 0.476 e. The highest BCUT2D eigenvalue weighted by molar-refractivity contribution is 7.89. The molecule has 1 aromatic heterocycles. The van der Waals surface area contributed by atoms with E-state index in [0.717, 1.165) is 6.42 Å². The van der Waals surface area contributed by atoms with Gasteiger partial charge in [-0.2, -0.15) is 4.98 Å². The summed E-state index contributed by atoms with van der Waals surface area (Å²) in [6, 6.07) is 3.37. The number of nitrogen functional groups attached to an aromatic ring is 1. The van der Waals surface area contributed by atoms with Crippen LogP contribution < -0.4 is 20.5 Å². The number of rotatable bonds is 9. The highest BCUT2D eigenvalue weighted by Crippen LogP contribution is 2.20. The van der Waals surface area contributed by atoms with Crippen molar-refractivity contribution in [1.82, 2.24) is 9.71 Å². The van der Waals surface area contributed by atoms with Gasteiger partial charge in [-0.1, -0.05) is 13.8 Å². The maximum absolute atomic E-state index is 11.5. The van der Waals surface area contributed by atoms with Crippen LogP contribution in [0.1, 0.15) is 20.3 Å². The van der Waals surface area contributed by atoms with Gasteiger partial charge in [0.25, 0.3) is 0 Å². The Bertz CT molecular complexity index is 519. The van der Waals surface area contributed by atoms with Crippen LogP contribution in [0.5, 0.6) is 5.88 Å². The van der Waals surface area contributed by atoms with E-state index in [0.29, 0.717) is 30.5 Å². The quantitative estimate of drug-likeness (QED) is 0.623. The Labute approximate surface area is 120 Å². The van der Waals surface area contributed by atoms with Crippen molar-refractivity contribution in [2.45, 2.75) is 20.3 Å². The fourth-order valence-corrected chi connectivity index (χ4v) is 2.42. The topological polar surface area (TPSA) is 106 Å². The van der Waals surface area contributed by atoms with Crippen molar-refractivity contribution in [2.24, 2.45) is 0 Å². The minimum absolute atomic E-state index is 0.0158. The molecule has 0 radical (unpaired) electrons. The van der Waals surface area contributed by atoms with E-state index in [1.54, 1.807) is 19.1 Å². The third-order valence-corrected chi connectivity index (χ3v) is 3.84. The summed E-state index contributed by atoms with van der Waals surface area (Å²) in [6.07, 6.45) is 0.861. The first-order valence-corrected chi connectivity index (χ1v) is 8.24. The van der Waals surface area contributed by atoms with E-state index in [2.05, 4.69) is 15.0 Å². The first-order chi connectivity index (χ1) is 9.48. The molecular formula is C12H22N4O3S. The highest BCUT2D eigenvalue weighted by atomic mass is 32.2. The number of hydrogen-bond donors (Lipinski definition) is 3. The molecule has 0 aliphatic rings. The first-order valence-electron chi connectivity index (χ1n) is 6.59. The molecule has 0 aliphatic carbocycles. The summed E-state index contributed by atoms with van der Waals surface area (Å²) in [4.78, 5) is 4.20. The van der Waals surface area contributed by atoms with E-state index in [1.807, 2.05) is 6.92 Å². The Morgan fingerprint density at radius 2 is 2.10 bits per heavy atom. The second-order valence-electron chi connectivity index (χ2n) is 4.18. The minimum Gasteiger partial charge on any atom is -0.476 e. The van der Waals surface area contributed by atoms with Gasteiger partial charge in [-0.05, 0) is 18.6 Å². The van der Waals surface area contributed by atoms with E-state index < -0.39 is 10.0 Å². The van der Waals surface area contributed by atoms with E-state index in [9.17, 15) is 8.42 Å². The maximum Gasteiger partial charge on any atom is 0.239 e. The number of aromatic nitrogens is 1. The van der Waals surface area contributed by atoms with Gasteiger partial charge in [0.05, 0.1) is 18.0 Å². The SMILES string of the molecule is CCCOc1nc(NCCS(=O)(=O)NCC)ccc1N. The lowest BCUT2D eigenvalue weighted by Gasteiger charge is -2.10. The van der Waals surface area contributed by atoms with Gasteiger partial charge in [0, 0.05) is 13.1 Å². The van der Waals surface area contributed by atoms with Crippen LogP contribution in [0.2, 0.25) is 0 Å². The summed E-state index contributed by atoms with van der Waals surface area (Å²) in [5.74, 6) is 0.890. The van der Waals surface area contributed by atoms with Crippen LogP contribution in [0.4, 0.5) is 11.5 Å². The normalized spacial score (nSPS) is 11.3. The fraction of sp³-hybridized carbons (Fsp3) is 0.583. The molecule has 20 heavy (non-hydrogen) atoms. The van der Waals surface area contributed by atoms with Crippen LogP contribution in [0.3, 0.4) is 0 Å². The molecule has 0 unspecified atom stereocenters. The van der Waals surface area contributed by atoms with E-state index >= 15 is 0 Å².